The van der Waals surface area contributed by atoms with Crippen molar-refractivity contribution in [3.05, 3.63) is 65.2 Å². The van der Waals surface area contributed by atoms with Gasteiger partial charge in [0.05, 0.1) is 6.07 Å². The summed E-state index contributed by atoms with van der Waals surface area (Å²) in [7, 11) is -6.00. The van der Waals surface area contributed by atoms with Crippen molar-refractivity contribution in [3.8, 4) is 0 Å². The molecule has 0 bridgehead atoms. The first-order chi connectivity index (χ1) is 12.3. The summed E-state index contributed by atoms with van der Waals surface area (Å²) in [5, 5.41) is 0. The van der Waals surface area contributed by atoms with Crippen molar-refractivity contribution in [2.75, 3.05) is 0 Å². The summed E-state index contributed by atoms with van der Waals surface area (Å²) in [4.78, 5) is 4.50. The average molecular weight is 364 g/mol. The second-order valence-corrected chi connectivity index (χ2v) is 6.06. The first-order valence-electron chi connectivity index (χ1n) is 8.25. The summed E-state index contributed by atoms with van der Waals surface area (Å²) in [5.41, 5.74) is 5.90. The molecule has 0 spiro atoms. The van der Waals surface area contributed by atoms with Crippen LogP contribution in [0.3, 0.4) is 0 Å². The van der Waals surface area contributed by atoms with E-state index in [2.05, 4.69) is 35.3 Å². The maximum absolute atomic E-state index is 9.75. The van der Waals surface area contributed by atoms with Crippen LogP contribution in [0, 0.1) is 6.92 Å². The molecule has 2 aromatic heterocycles. The number of fused-ring (bicyclic) bond motifs is 3. The average Bonchev–Trinajstić information content (AvgIpc) is 2.95. The molecule has 0 saturated carbocycles. The Morgan fingerprint density at radius 3 is 2.50 bits per heavy atom. The molecule has 0 N–H and O–H groups in total. The van der Waals surface area contributed by atoms with E-state index < -0.39 is 7.25 Å². The summed E-state index contributed by atoms with van der Waals surface area (Å²) in [5.74, 6) is 0.889. The number of allylic oxidation sites excluding steroid dienone is 1. The Hall–Kier alpha value is -2.64. The van der Waals surface area contributed by atoms with Gasteiger partial charge in [-0.2, -0.15) is 0 Å². The zero-order valence-electron chi connectivity index (χ0n) is 14.1. The Kier molecular flexibility index (Phi) is 5.11. The van der Waals surface area contributed by atoms with E-state index in [-0.39, 0.29) is 0 Å². The third-order valence-corrected chi connectivity index (χ3v) is 3.97. The monoisotopic (exact) mass is 364 g/mol. The number of halogens is 4. The quantitative estimate of drug-likeness (QED) is 0.349. The standard InChI is InChI=1S/C18H17N2O.BF4/c1-13-10-17-19-12-16-9-5-8-15(18(16)20(17)21-13)11-14-6-3-2-4-7-14;2-1(3,4)5/h2-4,6-7,10-12H,5,8-9H2,1H3;/q+1;-1/b15-11-;. The molecule has 1 aliphatic carbocycles. The molecule has 8 heteroatoms. The van der Waals surface area contributed by atoms with Crippen molar-refractivity contribution < 1.29 is 26.4 Å². The SMILES string of the molecule is Cc1cc2ncc3c([n+]2o1)/C(=C\c1ccccc1)CCC3.F[B-](F)(F)F. The molecule has 26 heavy (non-hydrogen) atoms. The van der Waals surface area contributed by atoms with Crippen LogP contribution in [0.4, 0.5) is 17.3 Å². The van der Waals surface area contributed by atoms with Gasteiger partial charge in [0.15, 0.2) is 11.5 Å². The zero-order chi connectivity index (χ0) is 18.7. The number of hydrogen-bond acceptors (Lipinski definition) is 2. The lowest BCUT2D eigenvalue weighted by molar-refractivity contribution is -0.722. The van der Waals surface area contributed by atoms with Gasteiger partial charge in [0, 0.05) is 11.1 Å². The molecule has 1 aliphatic rings. The van der Waals surface area contributed by atoms with Gasteiger partial charge < -0.3 is 21.8 Å². The van der Waals surface area contributed by atoms with E-state index in [1.165, 1.54) is 28.8 Å². The molecule has 2 heterocycles. The van der Waals surface area contributed by atoms with Gasteiger partial charge in [0.2, 0.25) is 0 Å². The number of hydrogen-bond donors (Lipinski definition) is 0. The molecular weight excluding hydrogens is 347 g/mol. The second kappa shape index (κ2) is 7.31. The molecule has 0 saturated heterocycles. The summed E-state index contributed by atoms with van der Waals surface area (Å²) in [6.45, 7) is 1.96. The van der Waals surface area contributed by atoms with Gasteiger partial charge in [-0.05, 0) is 47.4 Å². The number of aromatic nitrogens is 2. The van der Waals surface area contributed by atoms with Crippen molar-refractivity contribution in [3.63, 3.8) is 0 Å². The normalized spacial score (nSPS) is 15.5. The Morgan fingerprint density at radius 1 is 1.12 bits per heavy atom. The fraction of sp³-hybridized carbons (Fsp3) is 0.222. The highest BCUT2D eigenvalue weighted by molar-refractivity contribution is 6.50. The van der Waals surface area contributed by atoms with E-state index in [1.54, 1.807) is 0 Å². The van der Waals surface area contributed by atoms with Crippen LogP contribution in [0.2, 0.25) is 0 Å². The van der Waals surface area contributed by atoms with Crippen LogP contribution in [-0.2, 0) is 6.42 Å². The molecule has 0 unspecified atom stereocenters. The largest absolute Gasteiger partial charge is 0.673 e. The predicted molar refractivity (Wildman–Crippen MR) is 91.8 cm³/mol. The van der Waals surface area contributed by atoms with E-state index in [4.69, 9.17) is 4.52 Å². The lowest BCUT2D eigenvalue weighted by Crippen LogP contribution is -2.29. The molecule has 0 amide bonds. The summed E-state index contributed by atoms with van der Waals surface area (Å²) in [6, 6.07) is 12.4. The summed E-state index contributed by atoms with van der Waals surface area (Å²) < 4.78 is 46.7. The lowest BCUT2D eigenvalue weighted by atomic mass is 9.91. The lowest BCUT2D eigenvalue weighted by Gasteiger charge is -2.14. The van der Waals surface area contributed by atoms with Gasteiger partial charge in [-0.3, -0.25) is 0 Å². The molecule has 1 aromatic carbocycles. The van der Waals surface area contributed by atoms with E-state index in [0.29, 0.717) is 0 Å². The number of benzene rings is 1. The van der Waals surface area contributed by atoms with Crippen LogP contribution >= 0.6 is 0 Å². The van der Waals surface area contributed by atoms with Crippen LogP contribution in [0.15, 0.2) is 47.1 Å². The Morgan fingerprint density at radius 2 is 1.81 bits per heavy atom. The Balaban J connectivity index is 0.000000349. The van der Waals surface area contributed by atoms with E-state index >= 15 is 0 Å². The molecule has 4 rings (SSSR count). The fourth-order valence-corrected chi connectivity index (χ4v) is 3.04. The van der Waals surface area contributed by atoms with Crippen molar-refractivity contribution in [1.29, 1.82) is 0 Å². The van der Waals surface area contributed by atoms with Crippen molar-refractivity contribution >= 4 is 24.6 Å². The molecular formula is C18H17BF4N2O. The molecule has 0 fully saturated rings. The highest BCUT2D eigenvalue weighted by Crippen LogP contribution is 2.30. The third kappa shape index (κ3) is 4.50. The summed E-state index contributed by atoms with van der Waals surface area (Å²) >= 11 is 0. The molecule has 0 aliphatic heterocycles. The Labute approximate surface area is 148 Å². The second-order valence-electron chi connectivity index (χ2n) is 6.06. The molecule has 0 radical (unpaired) electrons. The summed E-state index contributed by atoms with van der Waals surface area (Å²) in [6.07, 6.45) is 7.57. The molecule has 3 nitrogen and oxygen atoms in total. The van der Waals surface area contributed by atoms with Gasteiger partial charge in [-0.15, -0.1) is 0 Å². The highest BCUT2D eigenvalue weighted by Gasteiger charge is 2.26. The van der Waals surface area contributed by atoms with Crippen LogP contribution in [-0.4, -0.2) is 12.2 Å². The fourth-order valence-electron chi connectivity index (χ4n) is 3.04. The minimum atomic E-state index is -6.00. The molecule has 3 aromatic rings. The van der Waals surface area contributed by atoms with Gasteiger partial charge in [-0.25, -0.2) is 0 Å². The van der Waals surface area contributed by atoms with Gasteiger partial charge in [0.25, 0.3) is 0 Å². The first kappa shape index (κ1) is 18.2. The Bertz CT molecular complexity index is 930. The molecule has 0 atom stereocenters. The molecule has 136 valence electrons. The maximum atomic E-state index is 9.75. The van der Waals surface area contributed by atoms with Crippen LogP contribution in [0.25, 0.3) is 17.3 Å². The number of nitrogens with zero attached hydrogens (tertiary/aromatic N) is 2. The topological polar surface area (TPSA) is 30.1 Å². The minimum absolute atomic E-state index is 0.882. The van der Waals surface area contributed by atoms with Gasteiger partial charge >= 0.3 is 12.9 Å². The zero-order valence-corrected chi connectivity index (χ0v) is 14.1. The van der Waals surface area contributed by atoms with E-state index in [0.717, 1.165) is 24.2 Å². The minimum Gasteiger partial charge on any atom is -0.418 e. The number of aryl methyl sites for hydroxylation is 2. The van der Waals surface area contributed by atoms with Crippen LogP contribution in [0.5, 0.6) is 0 Å². The number of rotatable bonds is 1. The van der Waals surface area contributed by atoms with Crippen molar-refractivity contribution in [2.45, 2.75) is 26.2 Å². The van der Waals surface area contributed by atoms with E-state index in [1.807, 2.05) is 29.8 Å². The highest BCUT2D eigenvalue weighted by atomic mass is 19.5. The van der Waals surface area contributed by atoms with Gasteiger partial charge in [-0.1, -0.05) is 30.3 Å². The first-order valence-corrected chi connectivity index (χ1v) is 8.25. The van der Waals surface area contributed by atoms with Crippen LogP contribution < -0.4 is 4.57 Å². The van der Waals surface area contributed by atoms with Crippen LogP contribution in [0.1, 0.15) is 35.4 Å². The third-order valence-electron chi connectivity index (χ3n) is 3.97. The smallest absolute Gasteiger partial charge is 0.418 e. The predicted octanol–water partition coefficient (Wildman–Crippen LogP) is 4.90. The van der Waals surface area contributed by atoms with Gasteiger partial charge in [0.1, 0.15) is 6.20 Å². The van der Waals surface area contributed by atoms with Crippen molar-refractivity contribution in [2.24, 2.45) is 0 Å². The maximum Gasteiger partial charge on any atom is 0.673 e. The van der Waals surface area contributed by atoms with Crippen molar-refractivity contribution in [1.82, 2.24) is 4.98 Å². The van der Waals surface area contributed by atoms with E-state index in [9.17, 15) is 17.3 Å².